The smallest absolute Gasteiger partial charge is 0.274 e. The highest BCUT2D eigenvalue weighted by Gasteiger charge is 2.16. The van der Waals surface area contributed by atoms with Crippen LogP contribution >= 0.6 is 0 Å². The number of rotatable bonds is 4. The Kier molecular flexibility index (Phi) is 4.12. The summed E-state index contributed by atoms with van der Waals surface area (Å²) in [6, 6.07) is 11.2. The first-order chi connectivity index (χ1) is 12.3. The van der Waals surface area contributed by atoms with Crippen molar-refractivity contribution in [3.05, 3.63) is 54.6 Å². The molecule has 1 aliphatic rings. The molecule has 4 rings (SSSR count). The van der Waals surface area contributed by atoms with Crippen molar-refractivity contribution in [3.8, 4) is 11.3 Å². The molecule has 1 aliphatic heterocycles. The fourth-order valence-corrected chi connectivity index (χ4v) is 2.94. The molecule has 0 aliphatic carbocycles. The number of amides is 1. The summed E-state index contributed by atoms with van der Waals surface area (Å²) in [6.07, 6.45) is 5.48. The average molecular weight is 334 g/mol. The number of carbonyl (C=O) groups is 1. The number of hydrogen-bond acceptors (Lipinski definition) is 5. The SMILES string of the molecule is O=C(Nc1ccc(-c2ccn[nH]2)cc1)c1cc(N2CCCC2)ncn1. The molecular weight excluding hydrogens is 316 g/mol. The van der Waals surface area contributed by atoms with Crippen LogP contribution in [0.5, 0.6) is 0 Å². The average Bonchev–Trinajstić information content (AvgIpc) is 3.36. The van der Waals surface area contributed by atoms with Crippen molar-refractivity contribution in [2.24, 2.45) is 0 Å². The summed E-state index contributed by atoms with van der Waals surface area (Å²) < 4.78 is 0. The molecule has 1 saturated heterocycles. The fraction of sp³-hybridized carbons (Fsp3) is 0.222. The van der Waals surface area contributed by atoms with E-state index in [1.165, 1.54) is 6.33 Å². The Morgan fingerprint density at radius 1 is 1.08 bits per heavy atom. The maximum atomic E-state index is 12.5. The van der Waals surface area contributed by atoms with Gasteiger partial charge in [-0.05, 0) is 36.6 Å². The van der Waals surface area contributed by atoms with Crippen LogP contribution in [0.2, 0.25) is 0 Å². The molecule has 1 amide bonds. The number of carbonyl (C=O) groups excluding carboxylic acids is 1. The van der Waals surface area contributed by atoms with E-state index >= 15 is 0 Å². The lowest BCUT2D eigenvalue weighted by molar-refractivity contribution is 0.102. The van der Waals surface area contributed by atoms with Gasteiger partial charge in [-0.15, -0.1) is 0 Å². The van der Waals surface area contributed by atoms with Crippen molar-refractivity contribution in [3.63, 3.8) is 0 Å². The highest BCUT2D eigenvalue weighted by molar-refractivity contribution is 6.03. The second kappa shape index (κ2) is 6.72. The highest BCUT2D eigenvalue weighted by Crippen LogP contribution is 2.20. The van der Waals surface area contributed by atoms with E-state index in [4.69, 9.17) is 0 Å². The lowest BCUT2D eigenvalue weighted by Gasteiger charge is -2.16. The third-order valence-electron chi connectivity index (χ3n) is 4.27. The number of hydrogen-bond donors (Lipinski definition) is 2. The molecule has 7 nitrogen and oxygen atoms in total. The van der Waals surface area contributed by atoms with Crippen LogP contribution in [-0.2, 0) is 0 Å². The van der Waals surface area contributed by atoms with Gasteiger partial charge in [-0.2, -0.15) is 5.10 Å². The second-order valence-electron chi connectivity index (χ2n) is 5.96. The monoisotopic (exact) mass is 334 g/mol. The van der Waals surface area contributed by atoms with Gasteiger partial charge in [0.25, 0.3) is 5.91 Å². The van der Waals surface area contributed by atoms with Crippen LogP contribution in [0, 0.1) is 0 Å². The van der Waals surface area contributed by atoms with Gasteiger partial charge in [-0.3, -0.25) is 9.89 Å². The van der Waals surface area contributed by atoms with Crippen LogP contribution < -0.4 is 10.2 Å². The Balaban J connectivity index is 1.47. The summed E-state index contributed by atoms with van der Waals surface area (Å²) in [6.45, 7) is 1.96. The predicted molar refractivity (Wildman–Crippen MR) is 95.5 cm³/mol. The number of nitrogens with one attached hydrogen (secondary N) is 2. The first kappa shape index (κ1) is 15.3. The molecule has 0 spiro atoms. The van der Waals surface area contributed by atoms with E-state index in [0.29, 0.717) is 5.69 Å². The van der Waals surface area contributed by atoms with E-state index in [0.717, 1.165) is 48.7 Å². The van der Waals surface area contributed by atoms with Crippen LogP contribution in [0.15, 0.2) is 48.9 Å². The normalized spacial score (nSPS) is 13.8. The molecule has 2 aromatic heterocycles. The van der Waals surface area contributed by atoms with Crippen LogP contribution in [-0.4, -0.2) is 39.2 Å². The molecular formula is C18H18N6O. The number of aromatic amines is 1. The Hall–Kier alpha value is -3.22. The van der Waals surface area contributed by atoms with Crippen molar-refractivity contribution in [1.82, 2.24) is 20.2 Å². The minimum atomic E-state index is -0.239. The van der Waals surface area contributed by atoms with Crippen molar-refractivity contribution >= 4 is 17.4 Å². The van der Waals surface area contributed by atoms with Crippen LogP contribution in [0.3, 0.4) is 0 Å². The zero-order chi connectivity index (χ0) is 17.1. The Morgan fingerprint density at radius 3 is 2.60 bits per heavy atom. The van der Waals surface area contributed by atoms with E-state index in [2.05, 4.69) is 30.4 Å². The number of H-pyrrole nitrogens is 1. The number of benzene rings is 1. The van der Waals surface area contributed by atoms with Crippen LogP contribution in [0.25, 0.3) is 11.3 Å². The Bertz CT molecular complexity index is 854. The summed E-state index contributed by atoms with van der Waals surface area (Å²) in [5, 5.41) is 9.73. The molecule has 25 heavy (non-hydrogen) atoms. The molecule has 0 saturated carbocycles. The van der Waals surface area contributed by atoms with Crippen molar-refractivity contribution in [2.75, 3.05) is 23.3 Å². The summed E-state index contributed by atoms with van der Waals surface area (Å²) in [5.74, 6) is 0.574. The van der Waals surface area contributed by atoms with Gasteiger partial charge in [-0.25, -0.2) is 9.97 Å². The summed E-state index contributed by atoms with van der Waals surface area (Å²) in [4.78, 5) is 23.0. The molecule has 126 valence electrons. The molecule has 0 unspecified atom stereocenters. The number of nitrogens with zero attached hydrogens (tertiary/aromatic N) is 4. The second-order valence-corrected chi connectivity index (χ2v) is 5.96. The molecule has 3 aromatic rings. The molecule has 0 bridgehead atoms. The molecule has 0 atom stereocenters. The lowest BCUT2D eigenvalue weighted by Crippen LogP contribution is -2.21. The quantitative estimate of drug-likeness (QED) is 0.766. The summed E-state index contributed by atoms with van der Waals surface area (Å²) in [5.41, 5.74) is 3.03. The first-order valence-corrected chi connectivity index (χ1v) is 8.28. The molecule has 3 heterocycles. The van der Waals surface area contributed by atoms with E-state index in [1.54, 1.807) is 12.3 Å². The molecule has 2 N–H and O–H groups in total. The van der Waals surface area contributed by atoms with Crippen LogP contribution in [0.4, 0.5) is 11.5 Å². The maximum absolute atomic E-state index is 12.5. The Labute approximate surface area is 145 Å². The van der Waals surface area contributed by atoms with Gasteiger partial charge < -0.3 is 10.2 Å². The Morgan fingerprint density at radius 2 is 1.88 bits per heavy atom. The third kappa shape index (κ3) is 3.35. The van der Waals surface area contributed by atoms with E-state index < -0.39 is 0 Å². The summed E-state index contributed by atoms with van der Waals surface area (Å²) >= 11 is 0. The topological polar surface area (TPSA) is 86.8 Å². The van der Waals surface area contributed by atoms with E-state index in [1.807, 2.05) is 30.3 Å². The van der Waals surface area contributed by atoms with Gasteiger partial charge in [-0.1, -0.05) is 12.1 Å². The molecule has 7 heteroatoms. The van der Waals surface area contributed by atoms with Crippen molar-refractivity contribution in [1.29, 1.82) is 0 Å². The zero-order valence-electron chi connectivity index (χ0n) is 13.6. The van der Waals surface area contributed by atoms with Crippen molar-refractivity contribution < 1.29 is 4.79 Å². The van der Waals surface area contributed by atoms with E-state index in [-0.39, 0.29) is 5.91 Å². The van der Waals surface area contributed by atoms with Gasteiger partial charge in [0.05, 0.1) is 5.69 Å². The minimum absolute atomic E-state index is 0.239. The van der Waals surface area contributed by atoms with Gasteiger partial charge in [0.2, 0.25) is 0 Å². The summed E-state index contributed by atoms with van der Waals surface area (Å²) in [7, 11) is 0. The predicted octanol–water partition coefficient (Wildman–Crippen LogP) is 2.72. The van der Waals surface area contributed by atoms with Gasteiger partial charge in [0.1, 0.15) is 17.8 Å². The largest absolute Gasteiger partial charge is 0.357 e. The van der Waals surface area contributed by atoms with Crippen LogP contribution in [0.1, 0.15) is 23.3 Å². The van der Waals surface area contributed by atoms with Gasteiger partial charge in [0, 0.05) is 31.0 Å². The number of aromatic nitrogens is 4. The third-order valence-corrected chi connectivity index (χ3v) is 4.27. The van der Waals surface area contributed by atoms with Gasteiger partial charge in [0.15, 0.2) is 0 Å². The zero-order valence-corrected chi connectivity index (χ0v) is 13.6. The fourth-order valence-electron chi connectivity index (χ4n) is 2.94. The van der Waals surface area contributed by atoms with E-state index in [9.17, 15) is 4.79 Å². The standard InChI is InChI=1S/C18H18N6O/c25-18(16-11-17(20-12-19-16)24-9-1-2-10-24)22-14-5-3-13(4-6-14)15-7-8-21-23-15/h3-8,11-12H,1-2,9-10H2,(H,21,23)(H,22,25). The van der Waals surface area contributed by atoms with Gasteiger partial charge >= 0.3 is 0 Å². The highest BCUT2D eigenvalue weighted by atomic mass is 16.1. The molecule has 1 fully saturated rings. The maximum Gasteiger partial charge on any atom is 0.274 e. The first-order valence-electron chi connectivity index (χ1n) is 8.28. The molecule has 1 aromatic carbocycles. The molecule has 0 radical (unpaired) electrons. The minimum Gasteiger partial charge on any atom is -0.357 e. The lowest BCUT2D eigenvalue weighted by atomic mass is 10.1. The van der Waals surface area contributed by atoms with Crippen molar-refractivity contribution in [2.45, 2.75) is 12.8 Å². The number of anilines is 2.